The number of carbonyl (C=O) groups is 2. The Morgan fingerprint density at radius 2 is 1.53 bits per heavy atom. The number of aryl methyl sites for hydroxylation is 2. The van der Waals surface area contributed by atoms with Crippen molar-refractivity contribution in [1.82, 2.24) is 5.32 Å². The second-order valence-corrected chi connectivity index (χ2v) is 10.9. The van der Waals surface area contributed by atoms with Gasteiger partial charge in [0.2, 0.25) is 0 Å². The van der Waals surface area contributed by atoms with Gasteiger partial charge in [0.25, 0.3) is 5.91 Å². The summed E-state index contributed by atoms with van der Waals surface area (Å²) < 4.78 is 4.87. The van der Waals surface area contributed by atoms with Gasteiger partial charge in [0, 0.05) is 20.8 Å². The van der Waals surface area contributed by atoms with E-state index in [4.69, 9.17) is 16.3 Å². The number of hydrogen-bond acceptors (Lipinski definition) is 4. The Morgan fingerprint density at radius 3 is 2.12 bits per heavy atom. The Hall–Kier alpha value is -2.63. The smallest absolute Gasteiger partial charge is 0.308 e. The summed E-state index contributed by atoms with van der Waals surface area (Å²) in [5.41, 5.74) is 5.34. The quantitative estimate of drug-likeness (QED) is 0.385. The molecule has 3 aromatic rings. The third kappa shape index (κ3) is 5.53. The molecule has 0 bridgehead atoms. The molecule has 1 heterocycles. The van der Waals surface area contributed by atoms with Crippen molar-refractivity contribution in [3.05, 3.63) is 80.0 Å². The lowest BCUT2D eigenvalue weighted by molar-refractivity contribution is -0.146. The van der Waals surface area contributed by atoms with Crippen LogP contribution in [-0.4, -0.2) is 25.0 Å². The number of thiophene rings is 1. The number of rotatable bonds is 6. The third-order valence-corrected chi connectivity index (χ3v) is 8.04. The molecular formula is C28H30ClNO3S. The van der Waals surface area contributed by atoms with Gasteiger partial charge in [0.05, 0.1) is 18.6 Å². The molecule has 6 heteroatoms. The molecule has 4 rings (SSSR count). The highest BCUT2D eigenvalue weighted by Crippen LogP contribution is 2.31. The molecule has 2 aromatic carbocycles. The Labute approximate surface area is 210 Å². The highest BCUT2D eigenvalue weighted by Gasteiger charge is 2.29. The molecule has 1 saturated carbocycles. The van der Waals surface area contributed by atoms with E-state index < -0.39 is 0 Å². The zero-order chi connectivity index (χ0) is 24.2. The lowest BCUT2D eigenvalue weighted by atomic mass is 9.86. The summed E-state index contributed by atoms with van der Waals surface area (Å²) >= 11 is 7.69. The van der Waals surface area contributed by atoms with Gasteiger partial charge in [-0.3, -0.25) is 9.59 Å². The Morgan fingerprint density at radius 1 is 0.941 bits per heavy atom. The number of benzene rings is 2. The van der Waals surface area contributed by atoms with E-state index in [-0.39, 0.29) is 23.8 Å². The molecule has 4 nitrogen and oxygen atoms in total. The van der Waals surface area contributed by atoms with Crippen LogP contribution in [0.5, 0.6) is 0 Å². The number of ether oxygens (including phenoxy) is 1. The van der Waals surface area contributed by atoms with Gasteiger partial charge in [-0.25, -0.2) is 0 Å². The van der Waals surface area contributed by atoms with Gasteiger partial charge in [-0.1, -0.05) is 48.0 Å². The highest BCUT2D eigenvalue weighted by atomic mass is 35.5. The van der Waals surface area contributed by atoms with E-state index in [1.807, 2.05) is 31.2 Å². The van der Waals surface area contributed by atoms with Crippen LogP contribution in [0.4, 0.5) is 0 Å². The second kappa shape index (κ2) is 10.7. The van der Waals surface area contributed by atoms with Crippen molar-refractivity contribution in [3.8, 4) is 11.1 Å². The van der Waals surface area contributed by atoms with E-state index in [0.29, 0.717) is 0 Å². The zero-order valence-corrected chi connectivity index (χ0v) is 21.4. The predicted octanol–water partition coefficient (Wildman–Crippen LogP) is 6.74. The van der Waals surface area contributed by atoms with Gasteiger partial charge in [-0.05, 0) is 80.3 Å². The summed E-state index contributed by atoms with van der Waals surface area (Å²) in [5.74, 6) is -0.190. The topological polar surface area (TPSA) is 55.4 Å². The fourth-order valence-corrected chi connectivity index (χ4v) is 6.00. The summed E-state index contributed by atoms with van der Waals surface area (Å²) in [7, 11) is 1.44. The van der Waals surface area contributed by atoms with Crippen molar-refractivity contribution in [1.29, 1.82) is 0 Å². The molecule has 1 fully saturated rings. The lowest BCUT2D eigenvalue weighted by Gasteiger charge is -2.27. The van der Waals surface area contributed by atoms with Gasteiger partial charge >= 0.3 is 5.97 Å². The number of carbonyl (C=O) groups excluding carboxylic acids is 2. The molecule has 0 saturated heterocycles. The standard InChI is InChI=1S/C28H30ClNO3S/c1-17-25(16-19-4-6-20(7-5-19)21-8-12-23(29)13-9-21)26(18(2)34-17)27(31)30-24-14-10-22(11-15-24)28(32)33-3/h4-9,12-13,22,24H,10-11,14-16H2,1-3H3,(H,30,31). The summed E-state index contributed by atoms with van der Waals surface area (Å²) in [6.45, 7) is 4.11. The van der Waals surface area contributed by atoms with Crippen molar-refractivity contribution < 1.29 is 14.3 Å². The summed E-state index contributed by atoms with van der Waals surface area (Å²) in [4.78, 5) is 27.3. The molecule has 0 radical (unpaired) electrons. The monoisotopic (exact) mass is 495 g/mol. The zero-order valence-electron chi connectivity index (χ0n) is 19.8. The van der Waals surface area contributed by atoms with E-state index >= 15 is 0 Å². The average molecular weight is 496 g/mol. The number of esters is 1. The van der Waals surface area contributed by atoms with Crippen LogP contribution in [0.1, 0.15) is 56.9 Å². The van der Waals surface area contributed by atoms with Gasteiger partial charge in [-0.15, -0.1) is 11.3 Å². The fraction of sp³-hybridized carbons (Fsp3) is 0.357. The SMILES string of the molecule is COC(=O)C1CCC(NC(=O)c2c(C)sc(C)c2Cc2ccc(-c3ccc(Cl)cc3)cc2)CC1. The minimum Gasteiger partial charge on any atom is -0.469 e. The first-order chi connectivity index (χ1) is 16.4. The van der Waals surface area contributed by atoms with Crippen LogP contribution in [0.2, 0.25) is 5.02 Å². The Bertz CT molecular complexity index is 1160. The van der Waals surface area contributed by atoms with Gasteiger partial charge in [0.15, 0.2) is 0 Å². The van der Waals surface area contributed by atoms with Crippen molar-refractivity contribution in [2.24, 2.45) is 5.92 Å². The van der Waals surface area contributed by atoms with Crippen LogP contribution in [0.25, 0.3) is 11.1 Å². The van der Waals surface area contributed by atoms with Crippen LogP contribution in [0.15, 0.2) is 48.5 Å². The van der Waals surface area contributed by atoms with Gasteiger partial charge < -0.3 is 10.1 Å². The number of hydrogen-bond donors (Lipinski definition) is 1. The lowest BCUT2D eigenvalue weighted by Crippen LogP contribution is -2.39. The molecule has 1 aliphatic rings. The van der Waals surface area contributed by atoms with E-state index in [1.165, 1.54) is 17.6 Å². The molecule has 1 aliphatic carbocycles. The Balaban J connectivity index is 1.45. The molecule has 1 N–H and O–H groups in total. The fourth-order valence-electron chi connectivity index (χ4n) is 4.80. The molecule has 1 aromatic heterocycles. The van der Waals surface area contributed by atoms with Crippen molar-refractivity contribution in [2.75, 3.05) is 7.11 Å². The van der Waals surface area contributed by atoms with E-state index in [2.05, 4.69) is 36.5 Å². The summed E-state index contributed by atoms with van der Waals surface area (Å²) in [6, 6.07) is 16.4. The van der Waals surface area contributed by atoms with Crippen LogP contribution >= 0.6 is 22.9 Å². The van der Waals surface area contributed by atoms with Crippen molar-refractivity contribution in [2.45, 2.75) is 52.0 Å². The second-order valence-electron chi connectivity index (χ2n) is 8.99. The third-order valence-electron chi connectivity index (χ3n) is 6.72. The maximum absolute atomic E-state index is 13.3. The number of amides is 1. The van der Waals surface area contributed by atoms with Gasteiger partial charge in [0.1, 0.15) is 0 Å². The van der Waals surface area contributed by atoms with Crippen molar-refractivity contribution in [3.63, 3.8) is 0 Å². The van der Waals surface area contributed by atoms with E-state index in [1.54, 1.807) is 11.3 Å². The summed E-state index contributed by atoms with van der Waals surface area (Å²) in [5, 5.41) is 3.96. The molecule has 34 heavy (non-hydrogen) atoms. The highest BCUT2D eigenvalue weighted by molar-refractivity contribution is 7.12. The van der Waals surface area contributed by atoms with Crippen LogP contribution in [0.3, 0.4) is 0 Å². The minimum absolute atomic E-state index is 0.00356. The van der Waals surface area contributed by atoms with E-state index in [9.17, 15) is 9.59 Å². The minimum atomic E-state index is -0.140. The van der Waals surface area contributed by atoms with Crippen molar-refractivity contribution >= 4 is 34.8 Å². The molecule has 0 atom stereocenters. The number of halogens is 1. The Kier molecular flexibility index (Phi) is 7.74. The largest absolute Gasteiger partial charge is 0.469 e. The predicted molar refractivity (Wildman–Crippen MR) is 139 cm³/mol. The van der Waals surface area contributed by atoms with Crippen LogP contribution < -0.4 is 5.32 Å². The molecule has 0 aliphatic heterocycles. The molecule has 1 amide bonds. The summed E-state index contributed by atoms with van der Waals surface area (Å²) in [6.07, 6.45) is 3.83. The van der Waals surface area contributed by atoms with Crippen LogP contribution in [0, 0.1) is 19.8 Å². The number of methoxy groups -OCH3 is 1. The maximum Gasteiger partial charge on any atom is 0.308 e. The first kappa shape index (κ1) is 24.5. The van der Waals surface area contributed by atoms with Crippen LogP contribution in [-0.2, 0) is 16.0 Å². The maximum atomic E-state index is 13.3. The molecule has 0 unspecified atom stereocenters. The van der Waals surface area contributed by atoms with Gasteiger partial charge in [-0.2, -0.15) is 0 Å². The normalized spacial score (nSPS) is 17.9. The number of nitrogens with one attached hydrogen (secondary N) is 1. The average Bonchev–Trinajstić information content (AvgIpc) is 3.12. The first-order valence-corrected chi connectivity index (χ1v) is 12.9. The molecule has 178 valence electrons. The molecular weight excluding hydrogens is 466 g/mol. The molecule has 0 spiro atoms. The van der Waals surface area contributed by atoms with E-state index in [0.717, 1.165) is 64.3 Å². The first-order valence-electron chi connectivity index (χ1n) is 11.7.